The average molecular weight is 306 g/mol. The second kappa shape index (κ2) is 7.17. The second-order valence-corrected chi connectivity index (χ2v) is 6.00. The maximum Gasteiger partial charge on any atom is 0.269 e. The van der Waals surface area contributed by atoms with Crippen molar-refractivity contribution in [3.63, 3.8) is 0 Å². The van der Waals surface area contributed by atoms with E-state index in [-0.39, 0.29) is 16.9 Å². The zero-order chi connectivity index (χ0) is 15.4. The SMILES string of the molecule is O=[N+]([O-])c1ccc2c(c1)CO[C@@H](CNC1CCCCC1)OC2. The van der Waals surface area contributed by atoms with Crippen LogP contribution in [0.4, 0.5) is 5.69 Å². The molecule has 1 aliphatic heterocycles. The van der Waals surface area contributed by atoms with Crippen molar-refractivity contribution in [1.29, 1.82) is 0 Å². The normalized spacial score (nSPS) is 22.8. The third-order valence-corrected chi connectivity index (χ3v) is 4.43. The summed E-state index contributed by atoms with van der Waals surface area (Å²) in [6.45, 7) is 1.46. The molecule has 0 amide bonds. The fraction of sp³-hybridized carbons (Fsp3) is 0.625. The zero-order valence-electron chi connectivity index (χ0n) is 12.6. The standard InChI is InChI=1S/C16H22N2O4/c19-18(20)15-7-6-12-10-21-16(22-11-13(12)8-15)9-17-14-4-2-1-3-5-14/h6-8,14,16-17H,1-5,9-11H2/t16-/m0/s1. The van der Waals surface area contributed by atoms with Crippen molar-refractivity contribution in [2.45, 2.75) is 57.6 Å². The van der Waals surface area contributed by atoms with E-state index in [0.717, 1.165) is 11.1 Å². The van der Waals surface area contributed by atoms with Crippen molar-refractivity contribution >= 4 is 5.69 Å². The van der Waals surface area contributed by atoms with Crippen LogP contribution in [0, 0.1) is 10.1 Å². The summed E-state index contributed by atoms with van der Waals surface area (Å²) in [5, 5.41) is 14.4. The number of fused-ring (bicyclic) bond motifs is 1. The molecule has 1 N–H and O–H groups in total. The summed E-state index contributed by atoms with van der Waals surface area (Å²) in [4.78, 5) is 10.5. The third kappa shape index (κ3) is 3.82. The van der Waals surface area contributed by atoms with Crippen LogP contribution in [0.25, 0.3) is 0 Å². The van der Waals surface area contributed by atoms with Gasteiger partial charge in [0.05, 0.1) is 18.1 Å². The van der Waals surface area contributed by atoms with Gasteiger partial charge in [0.25, 0.3) is 5.69 Å². The molecule has 0 spiro atoms. The van der Waals surface area contributed by atoms with Crippen LogP contribution in [0.15, 0.2) is 18.2 Å². The van der Waals surface area contributed by atoms with E-state index < -0.39 is 0 Å². The van der Waals surface area contributed by atoms with E-state index in [1.165, 1.54) is 38.2 Å². The van der Waals surface area contributed by atoms with Gasteiger partial charge in [0.1, 0.15) is 0 Å². The lowest BCUT2D eigenvalue weighted by molar-refractivity contribution is -0.385. The lowest BCUT2D eigenvalue weighted by Gasteiger charge is -2.25. The molecule has 1 aromatic rings. The molecule has 1 saturated carbocycles. The molecule has 0 saturated heterocycles. The molecule has 6 nitrogen and oxygen atoms in total. The van der Waals surface area contributed by atoms with Gasteiger partial charge in [-0.1, -0.05) is 19.3 Å². The molecular weight excluding hydrogens is 284 g/mol. The number of hydrogen-bond acceptors (Lipinski definition) is 5. The van der Waals surface area contributed by atoms with Crippen LogP contribution >= 0.6 is 0 Å². The first-order valence-electron chi connectivity index (χ1n) is 7.95. The molecule has 0 radical (unpaired) electrons. The highest BCUT2D eigenvalue weighted by Crippen LogP contribution is 2.23. The molecule has 0 aromatic heterocycles. The van der Waals surface area contributed by atoms with E-state index in [1.807, 2.05) is 0 Å². The Labute approximate surface area is 129 Å². The quantitative estimate of drug-likeness (QED) is 0.684. The van der Waals surface area contributed by atoms with Crippen molar-refractivity contribution in [3.8, 4) is 0 Å². The Morgan fingerprint density at radius 1 is 1.14 bits per heavy atom. The number of nitro groups is 1. The number of ether oxygens (including phenoxy) is 2. The van der Waals surface area contributed by atoms with Crippen LogP contribution in [0.5, 0.6) is 0 Å². The summed E-state index contributed by atoms with van der Waals surface area (Å²) in [7, 11) is 0. The predicted molar refractivity (Wildman–Crippen MR) is 81.3 cm³/mol. The summed E-state index contributed by atoms with van der Waals surface area (Å²) < 4.78 is 11.5. The minimum atomic E-state index is -0.381. The fourth-order valence-corrected chi connectivity index (χ4v) is 3.10. The molecule has 1 aliphatic carbocycles. The number of nitrogens with one attached hydrogen (secondary N) is 1. The van der Waals surface area contributed by atoms with Gasteiger partial charge in [-0.3, -0.25) is 10.1 Å². The molecule has 3 rings (SSSR count). The Morgan fingerprint density at radius 2 is 1.86 bits per heavy atom. The molecule has 1 aromatic carbocycles. The first-order valence-corrected chi connectivity index (χ1v) is 7.95. The molecule has 0 unspecified atom stereocenters. The summed E-state index contributed by atoms with van der Waals surface area (Å²) in [6.07, 6.45) is 6.06. The highest BCUT2D eigenvalue weighted by Gasteiger charge is 2.21. The second-order valence-electron chi connectivity index (χ2n) is 6.00. The minimum Gasteiger partial charge on any atom is -0.347 e. The predicted octanol–water partition coefficient (Wildman–Crippen LogP) is 2.89. The first-order chi connectivity index (χ1) is 10.7. The fourth-order valence-electron chi connectivity index (χ4n) is 3.10. The summed E-state index contributed by atoms with van der Waals surface area (Å²) in [5.41, 5.74) is 1.90. The Morgan fingerprint density at radius 3 is 2.59 bits per heavy atom. The largest absolute Gasteiger partial charge is 0.347 e. The molecule has 1 fully saturated rings. The molecule has 2 aliphatic rings. The Bertz CT molecular complexity index is 529. The lowest BCUT2D eigenvalue weighted by atomic mass is 9.95. The van der Waals surface area contributed by atoms with Crippen molar-refractivity contribution in [2.24, 2.45) is 0 Å². The van der Waals surface area contributed by atoms with E-state index in [9.17, 15) is 10.1 Å². The number of non-ortho nitro benzene ring substituents is 1. The van der Waals surface area contributed by atoms with Crippen molar-refractivity contribution in [2.75, 3.05) is 6.54 Å². The van der Waals surface area contributed by atoms with Crippen LogP contribution in [0.3, 0.4) is 0 Å². The number of rotatable bonds is 4. The Hall–Kier alpha value is -1.50. The van der Waals surface area contributed by atoms with Crippen LogP contribution in [0.2, 0.25) is 0 Å². The number of benzene rings is 1. The summed E-state index contributed by atoms with van der Waals surface area (Å²) in [5.74, 6) is 0. The van der Waals surface area contributed by atoms with Crippen LogP contribution < -0.4 is 5.32 Å². The van der Waals surface area contributed by atoms with Gasteiger partial charge in [-0.05, 0) is 30.0 Å². The molecule has 120 valence electrons. The maximum absolute atomic E-state index is 10.8. The van der Waals surface area contributed by atoms with E-state index >= 15 is 0 Å². The van der Waals surface area contributed by atoms with Crippen molar-refractivity contribution in [1.82, 2.24) is 5.32 Å². The van der Waals surface area contributed by atoms with Gasteiger partial charge in [-0.25, -0.2) is 0 Å². The highest BCUT2D eigenvalue weighted by molar-refractivity contribution is 5.39. The van der Waals surface area contributed by atoms with Gasteiger partial charge in [-0.15, -0.1) is 0 Å². The molecule has 6 heteroatoms. The molecule has 1 atom stereocenters. The van der Waals surface area contributed by atoms with Gasteiger partial charge in [-0.2, -0.15) is 0 Å². The van der Waals surface area contributed by atoms with E-state index in [0.29, 0.717) is 25.8 Å². The Balaban J connectivity index is 1.55. The average Bonchev–Trinajstić information content (AvgIpc) is 2.75. The highest BCUT2D eigenvalue weighted by atomic mass is 16.7. The van der Waals surface area contributed by atoms with Gasteiger partial charge in [0, 0.05) is 24.7 Å². The van der Waals surface area contributed by atoms with E-state index in [2.05, 4.69) is 5.32 Å². The third-order valence-electron chi connectivity index (χ3n) is 4.43. The number of nitrogens with zero attached hydrogens (tertiary/aromatic N) is 1. The van der Waals surface area contributed by atoms with Crippen molar-refractivity contribution < 1.29 is 14.4 Å². The number of hydrogen-bond donors (Lipinski definition) is 1. The van der Waals surface area contributed by atoms with Crippen LogP contribution in [-0.2, 0) is 22.7 Å². The zero-order valence-corrected chi connectivity index (χ0v) is 12.6. The summed E-state index contributed by atoms with van der Waals surface area (Å²) in [6, 6.07) is 5.42. The smallest absolute Gasteiger partial charge is 0.269 e. The summed E-state index contributed by atoms with van der Waals surface area (Å²) >= 11 is 0. The number of nitro benzene ring substituents is 1. The van der Waals surface area contributed by atoms with Crippen LogP contribution in [0.1, 0.15) is 43.2 Å². The van der Waals surface area contributed by atoms with Gasteiger partial charge in [0.15, 0.2) is 6.29 Å². The topological polar surface area (TPSA) is 73.6 Å². The maximum atomic E-state index is 10.8. The van der Waals surface area contributed by atoms with Crippen molar-refractivity contribution in [3.05, 3.63) is 39.4 Å². The monoisotopic (exact) mass is 306 g/mol. The molecule has 1 heterocycles. The van der Waals surface area contributed by atoms with E-state index in [1.54, 1.807) is 12.1 Å². The molecule has 22 heavy (non-hydrogen) atoms. The van der Waals surface area contributed by atoms with Gasteiger partial charge >= 0.3 is 0 Å². The minimum absolute atomic E-state index is 0.0983. The first kappa shape index (κ1) is 15.4. The van der Waals surface area contributed by atoms with Gasteiger partial charge in [0.2, 0.25) is 0 Å². The van der Waals surface area contributed by atoms with Crippen LogP contribution in [-0.4, -0.2) is 23.8 Å². The van der Waals surface area contributed by atoms with E-state index in [4.69, 9.17) is 9.47 Å². The lowest BCUT2D eigenvalue weighted by Crippen LogP contribution is -2.38. The van der Waals surface area contributed by atoms with Gasteiger partial charge < -0.3 is 14.8 Å². The Kier molecular flexibility index (Phi) is 5.02. The molecular formula is C16H22N2O4. The molecule has 0 bridgehead atoms.